The molecule has 0 atom stereocenters. The number of nitro groups is 1. The van der Waals surface area contributed by atoms with E-state index in [1.165, 1.54) is 37.4 Å². The Kier molecular flexibility index (Phi) is 3.89. The third kappa shape index (κ3) is 3.02. The third-order valence-electron chi connectivity index (χ3n) is 3.56. The molecule has 1 aliphatic heterocycles. The second kappa shape index (κ2) is 6.04. The van der Waals surface area contributed by atoms with Crippen molar-refractivity contribution >= 4 is 29.6 Å². The van der Waals surface area contributed by atoms with Gasteiger partial charge in [0.1, 0.15) is 17.1 Å². The molecule has 1 saturated heterocycles. The van der Waals surface area contributed by atoms with E-state index in [0.717, 1.165) is 4.90 Å². The van der Waals surface area contributed by atoms with Gasteiger partial charge in [-0.2, -0.15) is 0 Å². The highest BCUT2D eigenvalue weighted by molar-refractivity contribution is 6.30. The van der Waals surface area contributed by atoms with Gasteiger partial charge in [-0.05, 0) is 18.2 Å². The number of urea groups is 1. The molecule has 1 aliphatic rings. The van der Waals surface area contributed by atoms with E-state index in [1.807, 2.05) is 5.32 Å². The molecule has 9 nitrogen and oxygen atoms in total. The first kappa shape index (κ1) is 16.1. The van der Waals surface area contributed by atoms with Crippen molar-refractivity contribution in [3.05, 3.63) is 57.8 Å². The minimum Gasteiger partial charge on any atom is -0.457 e. The standard InChI is InChI=1S/C16H11N3O6/c1-18-15(21)12(14(20)17-16(18)22)8-11-5-6-13(25-11)9-3-2-4-10(7-9)19(23)24/h2-8H,1H3,(H,17,20,22). The Morgan fingerprint density at radius 2 is 1.96 bits per heavy atom. The van der Waals surface area contributed by atoms with Gasteiger partial charge in [0, 0.05) is 24.7 Å². The Labute approximate surface area is 140 Å². The summed E-state index contributed by atoms with van der Waals surface area (Å²) >= 11 is 0. The molecule has 126 valence electrons. The molecular weight excluding hydrogens is 330 g/mol. The van der Waals surface area contributed by atoms with Crippen molar-refractivity contribution in [1.82, 2.24) is 10.2 Å². The van der Waals surface area contributed by atoms with Gasteiger partial charge in [-0.25, -0.2) is 4.79 Å². The average molecular weight is 341 g/mol. The van der Waals surface area contributed by atoms with Gasteiger partial charge in [0.05, 0.1) is 4.92 Å². The second-order valence-corrected chi connectivity index (χ2v) is 5.19. The van der Waals surface area contributed by atoms with Gasteiger partial charge < -0.3 is 4.42 Å². The van der Waals surface area contributed by atoms with Crippen LogP contribution in [0.4, 0.5) is 10.5 Å². The van der Waals surface area contributed by atoms with Crippen LogP contribution in [0.5, 0.6) is 0 Å². The van der Waals surface area contributed by atoms with Crippen molar-refractivity contribution in [2.45, 2.75) is 0 Å². The number of carbonyl (C=O) groups is 3. The summed E-state index contributed by atoms with van der Waals surface area (Å²) in [6.07, 6.45) is 1.21. The molecule has 4 amide bonds. The van der Waals surface area contributed by atoms with E-state index >= 15 is 0 Å². The van der Waals surface area contributed by atoms with E-state index in [-0.39, 0.29) is 17.0 Å². The van der Waals surface area contributed by atoms with Gasteiger partial charge >= 0.3 is 6.03 Å². The van der Waals surface area contributed by atoms with Crippen LogP contribution in [0.15, 0.2) is 46.4 Å². The zero-order chi connectivity index (χ0) is 18.1. The molecule has 1 aromatic heterocycles. The van der Waals surface area contributed by atoms with Gasteiger partial charge in [0.2, 0.25) is 0 Å². The number of rotatable bonds is 3. The monoisotopic (exact) mass is 341 g/mol. The topological polar surface area (TPSA) is 123 Å². The van der Waals surface area contributed by atoms with Crippen LogP contribution in [0, 0.1) is 10.1 Å². The van der Waals surface area contributed by atoms with Crippen molar-refractivity contribution in [2.75, 3.05) is 7.05 Å². The summed E-state index contributed by atoms with van der Waals surface area (Å²) in [5, 5.41) is 12.9. The van der Waals surface area contributed by atoms with E-state index < -0.39 is 22.8 Å². The lowest BCUT2D eigenvalue weighted by Crippen LogP contribution is -2.52. The number of nitro benzene ring substituents is 1. The highest BCUT2D eigenvalue weighted by atomic mass is 16.6. The number of amides is 4. The molecule has 0 radical (unpaired) electrons. The lowest BCUT2D eigenvalue weighted by molar-refractivity contribution is -0.384. The lowest BCUT2D eigenvalue weighted by atomic mass is 10.1. The van der Waals surface area contributed by atoms with Crippen molar-refractivity contribution in [3.63, 3.8) is 0 Å². The molecule has 0 spiro atoms. The van der Waals surface area contributed by atoms with Crippen LogP contribution in [0.25, 0.3) is 17.4 Å². The Morgan fingerprint density at radius 3 is 2.68 bits per heavy atom. The van der Waals surface area contributed by atoms with E-state index in [0.29, 0.717) is 11.3 Å². The van der Waals surface area contributed by atoms with Crippen molar-refractivity contribution < 1.29 is 23.7 Å². The highest BCUT2D eigenvalue weighted by Gasteiger charge is 2.33. The fourth-order valence-corrected chi connectivity index (χ4v) is 2.25. The zero-order valence-electron chi connectivity index (χ0n) is 12.9. The first-order valence-corrected chi connectivity index (χ1v) is 7.06. The molecule has 9 heteroatoms. The number of hydrogen-bond donors (Lipinski definition) is 1. The Bertz CT molecular complexity index is 943. The lowest BCUT2D eigenvalue weighted by Gasteiger charge is -2.21. The summed E-state index contributed by atoms with van der Waals surface area (Å²) in [4.78, 5) is 46.2. The highest BCUT2D eigenvalue weighted by Crippen LogP contribution is 2.27. The van der Waals surface area contributed by atoms with Crippen LogP contribution in [0.1, 0.15) is 5.76 Å². The predicted octanol–water partition coefficient (Wildman–Crippen LogP) is 1.95. The molecule has 0 aliphatic carbocycles. The van der Waals surface area contributed by atoms with Crippen molar-refractivity contribution in [3.8, 4) is 11.3 Å². The van der Waals surface area contributed by atoms with Crippen LogP contribution in [-0.2, 0) is 9.59 Å². The van der Waals surface area contributed by atoms with Gasteiger partial charge in [0.15, 0.2) is 0 Å². The maximum absolute atomic E-state index is 12.0. The van der Waals surface area contributed by atoms with Gasteiger partial charge in [0.25, 0.3) is 17.5 Å². The Morgan fingerprint density at radius 1 is 1.20 bits per heavy atom. The summed E-state index contributed by atoms with van der Waals surface area (Å²) in [6.45, 7) is 0. The van der Waals surface area contributed by atoms with Gasteiger partial charge in [-0.1, -0.05) is 12.1 Å². The van der Waals surface area contributed by atoms with Crippen LogP contribution in [0.2, 0.25) is 0 Å². The first-order valence-electron chi connectivity index (χ1n) is 7.06. The number of benzene rings is 1. The smallest absolute Gasteiger partial charge is 0.331 e. The Balaban J connectivity index is 1.93. The Hall–Kier alpha value is -3.75. The van der Waals surface area contributed by atoms with E-state index in [1.54, 1.807) is 12.1 Å². The number of hydrogen-bond acceptors (Lipinski definition) is 6. The predicted molar refractivity (Wildman–Crippen MR) is 85.1 cm³/mol. The average Bonchev–Trinajstić information content (AvgIpc) is 3.05. The molecule has 25 heavy (non-hydrogen) atoms. The number of non-ortho nitro benzene ring substituents is 1. The quantitative estimate of drug-likeness (QED) is 0.394. The number of nitrogens with one attached hydrogen (secondary N) is 1. The number of barbiturate groups is 1. The number of likely N-dealkylation sites (N-methyl/N-ethyl adjacent to an activating group) is 1. The summed E-state index contributed by atoms with van der Waals surface area (Å²) in [6, 6.07) is 8.13. The van der Waals surface area contributed by atoms with Crippen LogP contribution >= 0.6 is 0 Å². The molecule has 1 aromatic carbocycles. The summed E-state index contributed by atoms with van der Waals surface area (Å²) in [5.74, 6) is -1.03. The van der Waals surface area contributed by atoms with Crippen LogP contribution in [-0.4, -0.2) is 34.7 Å². The molecule has 0 bridgehead atoms. The maximum atomic E-state index is 12.0. The number of furan rings is 1. The van der Waals surface area contributed by atoms with Crippen LogP contribution in [0.3, 0.4) is 0 Å². The van der Waals surface area contributed by atoms with Crippen LogP contribution < -0.4 is 5.32 Å². The van der Waals surface area contributed by atoms with Crippen molar-refractivity contribution in [1.29, 1.82) is 0 Å². The molecule has 1 fully saturated rings. The zero-order valence-corrected chi connectivity index (χ0v) is 12.9. The van der Waals surface area contributed by atoms with E-state index in [4.69, 9.17) is 4.42 Å². The van der Waals surface area contributed by atoms with Gasteiger partial charge in [-0.3, -0.25) is 29.9 Å². The number of carbonyl (C=O) groups excluding carboxylic acids is 3. The fourth-order valence-electron chi connectivity index (χ4n) is 2.25. The normalized spacial score (nSPS) is 16.3. The summed E-state index contributed by atoms with van der Waals surface area (Å²) < 4.78 is 5.53. The van der Waals surface area contributed by atoms with E-state index in [9.17, 15) is 24.5 Å². The molecule has 2 aromatic rings. The van der Waals surface area contributed by atoms with Crippen molar-refractivity contribution in [2.24, 2.45) is 0 Å². The molecular formula is C16H11N3O6. The molecule has 0 saturated carbocycles. The number of imide groups is 2. The molecule has 2 heterocycles. The molecule has 0 unspecified atom stereocenters. The SMILES string of the molecule is CN1C(=O)NC(=O)C(=Cc2ccc(-c3cccc([N+](=O)[O-])c3)o2)C1=O. The number of nitrogens with zero attached hydrogens (tertiary/aromatic N) is 2. The summed E-state index contributed by atoms with van der Waals surface area (Å²) in [5.41, 5.74) is 0.142. The largest absolute Gasteiger partial charge is 0.457 e. The molecule has 1 N–H and O–H groups in total. The van der Waals surface area contributed by atoms with Gasteiger partial charge in [-0.15, -0.1) is 0 Å². The minimum absolute atomic E-state index is 0.0872. The third-order valence-corrected chi connectivity index (χ3v) is 3.56. The molecule has 3 rings (SSSR count). The maximum Gasteiger partial charge on any atom is 0.331 e. The van der Waals surface area contributed by atoms with E-state index in [2.05, 4.69) is 0 Å². The summed E-state index contributed by atoms with van der Waals surface area (Å²) in [7, 11) is 1.24. The second-order valence-electron chi connectivity index (χ2n) is 5.19. The fraction of sp³-hybridized carbons (Fsp3) is 0.0625. The minimum atomic E-state index is -0.818. The first-order chi connectivity index (χ1) is 11.9.